The van der Waals surface area contributed by atoms with Crippen LogP contribution in [0.3, 0.4) is 0 Å². The topological polar surface area (TPSA) is 67.5 Å². The van der Waals surface area contributed by atoms with E-state index < -0.39 is 0 Å². The molecule has 0 aliphatic heterocycles. The van der Waals surface area contributed by atoms with E-state index in [1.807, 2.05) is 12.1 Å². The summed E-state index contributed by atoms with van der Waals surface area (Å²) in [6.07, 6.45) is 1.34. The summed E-state index contributed by atoms with van der Waals surface area (Å²) in [5, 5.41) is 17.4. The van der Waals surface area contributed by atoms with Crippen LogP contribution in [0.2, 0.25) is 0 Å². The number of hydrogen-bond acceptors (Lipinski definition) is 4. The molecule has 0 aliphatic rings. The van der Waals surface area contributed by atoms with Gasteiger partial charge in [-0.15, -0.1) is 10.2 Å². The molecule has 5 nitrogen and oxygen atoms in total. The van der Waals surface area contributed by atoms with Crippen LogP contribution in [0.4, 0.5) is 0 Å². The molecule has 0 fully saturated rings. The Morgan fingerprint density at radius 3 is 2.63 bits per heavy atom. The Labute approximate surface area is 109 Å². The number of fused-ring (bicyclic) bond motifs is 1. The maximum atomic E-state index is 11.1. The molecule has 5 heteroatoms. The first kappa shape index (κ1) is 11.4. The molecule has 0 aliphatic carbocycles. The highest BCUT2D eigenvalue weighted by Crippen LogP contribution is 2.14. The summed E-state index contributed by atoms with van der Waals surface area (Å²) >= 11 is 0. The molecule has 0 atom stereocenters. The third-order valence-corrected chi connectivity index (χ3v) is 2.94. The number of phenolic OH excluding ortho intramolecular Hbond substituents is 1. The fraction of sp³-hybridized carbons (Fsp3) is 0.0714. The van der Waals surface area contributed by atoms with E-state index in [-0.39, 0.29) is 5.75 Å². The van der Waals surface area contributed by atoms with Crippen molar-refractivity contribution in [3.8, 4) is 5.75 Å². The number of nitrogens with zero attached hydrogens (tertiary/aromatic N) is 3. The van der Waals surface area contributed by atoms with Gasteiger partial charge in [-0.1, -0.05) is 18.2 Å². The molecule has 1 N–H and O–H groups in total. The predicted octanol–water partition coefficient (Wildman–Crippen LogP) is 1.84. The van der Waals surface area contributed by atoms with Gasteiger partial charge in [0.15, 0.2) is 11.9 Å². The lowest BCUT2D eigenvalue weighted by Crippen LogP contribution is -2.01. The normalized spacial score (nSPS) is 10.7. The molecule has 0 amide bonds. The summed E-state index contributed by atoms with van der Waals surface area (Å²) < 4.78 is 1.74. The SMILES string of the molecule is O=Cc1cccc2nnc(Cc3ccc(O)cc3)n12. The fourth-order valence-electron chi connectivity index (χ4n) is 2.03. The van der Waals surface area contributed by atoms with E-state index in [0.717, 1.165) is 11.8 Å². The van der Waals surface area contributed by atoms with Crippen molar-refractivity contribution < 1.29 is 9.90 Å². The number of benzene rings is 1. The summed E-state index contributed by atoms with van der Waals surface area (Å²) in [6.45, 7) is 0. The van der Waals surface area contributed by atoms with E-state index in [9.17, 15) is 9.90 Å². The zero-order valence-electron chi connectivity index (χ0n) is 10.0. The average Bonchev–Trinajstić information content (AvgIpc) is 2.85. The lowest BCUT2D eigenvalue weighted by Gasteiger charge is -2.03. The molecule has 1 aromatic carbocycles. The molecule has 3 rings (SSSR count). The first-order chi connectivity index (χ1) is 9.28. The monoisotopic (exact) mass is 253 g/mol. The number of pyridine rings is 1. The maximum Gasteiger partial charge on any atom is 0.166 e. The zero-order chi connectivity index (χ0) is 13.2. The standard InChI is InChI=1S/C14H11N3O2/c18-9-11-2-1-3-13-15-16-14(17(11)13)8-10-4-6-12(19)7-5-10/h1-7,9,19H,8H2. The van der Waals surface area contributed by atoms with E-state index in [4.69, 9.17) is 0 Å². The first-order valence-electron chi connectivity index (χ1n) is 5.84. The second-order valence-electron chi connectivity index (χ2n) is 4.22. The van der Waals surface area contributed by atoms with E-state index in [2.05, 4.69) is 10.2 Å². The zero-order valence-corrected chi connectivity index (χ0v) is 10.0. The van der Waals surface area contributed by atoms with E-state index >= 15 is 0 Å². The number of aldehydes is 1. The Morgan fingerprint density at radius 2 is 1.89 bits per heavy atom. The van der Waals surface area contributed by atoms with Crippen molar-refractivity contribution in [3.63, 3.8) is 0 Å². The molecule has 3 aromatic rings. The van der Waals surface area contributed by atoms with Gasteiger partial charge in [0.05, 0.1) is 5.69 Å². The van der Waals surface area contributed by atoms with Gasteiger partial charge in [-0.3, -0.25) is 9.20 Å². The molecule has 0 saturated heterocycles. The molecule has 2 aromatic heterocycles. The summed E-state index contributed by atoms with van der Waals surface area (Å²) in [5.41, 5.74) is 2.17. The molecule has 0 spiro atoms. The Kier molecular flexibility index (Phi) is 2.72. The number of phenols is 1. The fourth-order valence-corrected chi connectivity index (χ4v) is 2.03. The van der Waals surface area contributed by atoms with Gasteiger partial charge >= 0.3 is 0 Å². The van der Waals surface area contributed by atoms with E-state index in [1.165, 1.54) is 0 Å². The van der Waals surface area contributed by atoms with Crippen LogP contribution in [-0.4, -0.2) is 26.0 Å². The highest BCUT2D eigenvalue weighted by Gasteiger charge is 2.09. The van der Waals surface area contributed by atoms with E-state index in [1.54, 1.807) is 34.7 Å². The number of aromatic nitrogens is 3. The number of aromatic hydroxyl groups is 1. The van der Waals surface area contributed by atoms with Gasteiger partial charge in [-0.05, 0) is 29.8 Å². The Balaban J connectivity index is 2.05. The summed E-state index contributed by atoms with van der Waals surface area (Å²) in [5.74, 6) is 0.923. The lowest BCUT2D eigenvalue weighted by molar-refractivity contribution is 0.111. The van der Waals surface area contributed by atoms with Crippen LogP contribution < -0.4 is 0 Å². The Hall–Kier alpha value is -2.69. The molecule has 0 radical (unpaired) electrons. The summed E-state index contributed by atoms with van der Waals surface area (Å²) in [7, 11) is 0. The minimum atomic E-state index is 0.225. The van der Waals surface area contributed by atoms with Crippen molar-refractivity contribution in [1.29, 1.82) is 0 Å². The minimum Gasteiger partial charge on any atom is -0.508 e. The van der Waals surface area contributed by atoms with Crippen LogP contribution in [-0.2, 0) is 6.42 Å². The van der Waals surface area contributed by atoms with Crippen molar-refractivity contribution in [2.45, 2.75) is 6.42 Å². The van der Waals surface area contributed by atoms with Gasteiger partial charge in [0.2, 0.25) is 0 Å². The van der Waals surface area contributed by atoms with Gasteiger partial charge in [0.1, 0.15) is 11.6 Å². The Bertz CT molecular complexity index is 732. The van der Waals surface area contributed by atoms with Crippen molar-refractivity contribution in [3.05, 3.63) is 59.5 Å². The predicted molar refractivity (Wildman–Crippen MR) is 69.3 cm³/mol. The van der Waals surface area contributed by atoms with Crippen LogP contribution in [0, 0.1) is 0 Å². The van der Waals surface area contributed by atoms with Gasteiger partial charge < -0.3 is 5.11 Å². The average molecular weight is 253 g/mol. The van der Waals surface area contributed by atoms with Crippen LogP contribution in [0.1, 0.15) is 21.9 Å². The molecule has 94 valence electrons. The minimum absolute atomic E-state index is 0.225. The molecular formula is C14H11N3O2. The number of carbonyl (C=O) groups excluding carboxylic acids is 1. The quantitative estimate of drug-likeness (QED) is 0.723. The van der Waals surface area contributed by atoms with E-state index in [0.29, 0.717) is 23.6 Å². The number of hydrogen-bond donors (Lipinski definition) is 1. The molecule has 19 heavy (non-hydrogen) atoms. The van der Waals surface area contributed by atoms with Crippen molar-refractivity contribution in [1.82, 2.24) is 14.6 Å². The summed E-state index contributed by atoms with van der Waals surface area (Å²) in [4.78, 5) is 11.1. The molecule has 0 unspecified atom stereocenters. The highest BCUT2D eigenvalue weighted by atomic mass is 16.3. The highest BCUT2D eigenvalue weighted by molar-refractivity contribution is 5.74. The van der Waals surface area contributed by atoms with Crippen LogP contribution >= 0.6 is 0 Å². The number of carbonyl (C=O) groups is 1. The van der Waals surface area contributed by atoms with Crippen molar-refractivity contribution in [2.24, 2.45) is 0 Å². The summed E-state index contributed by atoms with van der Waals surface area (Å²) in [6, 6.07) is 12.2. The Morgan fingerprint density at radius 1 is 1.11 bits per heavy atom. The lowest BCUT2D eigenvalue weighted by atomic mass is 10.1. The van der Waals surface area contributed by atoms with Gasteiger partial charge in [0, 0.05) is 6.42 Å². The molecule has 2 heterocycles. The van der Waals surface area contributed by atoms with Crippen LogP contribution in [0.25, 0.3) is 5.65 Å². The maximum absolute atomic E-state index is 11.1. The molecule has 0 saturated carbocycles. The van der Waals surface area contributed by atoms with Crippen LogP contribution in [0.5, 0.6) is 5.75 Å². The largest absolute Gasteiger partial charge is 0.508 e. The molecular weight excluding hydrogens is 242 g/mol. The van der Waals surface area contributed by atoms with Crippen LogP contribution in [0.15, 0.2) is 42.5 Å². The molecule has 0 bridgehead atoms. The number of rotatable bonds is 3. The third kappa shape index (κ3) is 2.06. The van der Waals surface area contributed by atoms with Gasteiger partial charge in [0.25, 0.3) is 0 Å². The second kappa shape index (κ2) is 4.53. The second-order valence-corrected chi connectivity index (χ2v) is 4.22. The van der Waals surface area contributed by atoms with Gasteiger partial charge in [-0.25, -0.2) is 0 Å². The third-order valence-electron chi connectivity index (χ3n) is 2.94. The first-order valence-corrected chi connectivity index (χ1v) is 5.84. The van der Waals surface area contributed by atoms with Gasteiger partial charge in [-0.2, -0.15) is 0 Å². The smallest absolute Gasteiger partial charge is 0.166 e. The van der Waals surface area contributed by atoms with Crippen molar-refractivity contribution >= 4 is 11.9 Å². The van der Waals surface area contributed by atoms with Crippen molar-refractivity contribution in [2.75, 3.05) is 0 Å².